The lowest BCUT2D eigenvalue weighted by atomic mass is 9.61. The van der Waals surface area contributed by atoms with Crippen molar-refractivity contribution in [3.05, 3.63) is 82.1 Å². The van der Waals surface area contributed by atoms with Gasteiger partial charge in [0.2, 0.25) is 0 Å². The van der Waals surface area contributed by atoms with Crippen LogP contribution in [0.1, 0.15) is 155 Å². The Kier molecular flexibility index (Phi) is 18.8. The van der Waals surface area contributed by atoms with Gasteiger partial charge in [0.05, 0.1) is 12.7 Å². The van der Waals surface area contributed by atoms with Gasteiger partial charge in [0.1, 0.15) is 24.2 Å². The Balaban J connectivity index is 0.854. The van der Waals surface area contributed by atoms with Gasteiger partial charge in [-0.3, -0.25) is 4.99 Å². The average molecular weight is 1010 g/mol. The summed E-state index contributed by atoms with van der Waals surface area (Å²) in [4.78, 5) is 7.81. The third-order valence-corrected chi connectivity index (χ3v) is 19.7. The number of aliphatic hydroxyl groups excluding tert-OH is 4. The van der Waals surface area contributed by atoms with Gasteiger partial charge in [-0.2, -0.15) is 0 Å². The van der Waals surface area contributed by atoms with Crippen molar-refractivity contribution in [3.63, 3.8) is 0 Å². The molecule has 12 N–H and O–H groups in total. The molecule has 4 bridgehead atoms. The smallest absolute Gasteiger partial charge is 0.188 e. The van der Waals surface area contributed by atoms with Crippen LogP contribution in [-0.2, 0) is 25.9 Å². The fraction of sp³-hybridized carbons (Fsp3) is 0.691. The molecule has 1 aliphatic heterocycles. The van der Waals surface area contributed by atoms with E-state index in [9.17, 15) is 25.5 Å². The van der Waals surface area contributed by atoms with Gasteiger partial charge in [0.15, 0.2) is 17.5 Å². The number of hydrogen-bond donors (Lipinski definition) is 10. The predicted molar refractivity (Wildman–Crippen MR) is 283 cm³/mol. The number of benzene rings is 1. The van der Waals surface area contributed by atoms with Crippen molar-refractivity contribution < 1.29 is 34.7 Å². The zero-order valence-corrected chi connectivity index (χ0v) is 43.6. The van der Waals surface area contributed by atoms with E-state index >= 15 is 0 Å². The summed E-state index contributed by atoms with van der Waals surface area (Å²) in [6, 6.07) is 10.1. The summed E-state index contributed by atoms with van der Waals surface area (Å²) in [5, 5.41) is 60.2. The van der Waals surface area contributed by atoms with E-state index in [-0.39, 0.29) is 54.9 Å². The number of aromatic hydroxyl groups is 1. The first-order valence-electron chi connectivity index (χ1n) is 26.7. The molecule has 0 unspecified atom stereocenters. The van der Waals surface area contributed by atoms with Crippen molar-refractivity contribution in [1.29, 1.82) is 0 Å². The van der Waals surface area contributed by atoms with Crippen LogP contribution in [0.3, 0.4) is 0 Å². The maximum Gasteiger partial charge on any atom is 0.188 e. The summed E-state index contributed by atoms with van der Waals surface area (Å²) in [5.41, 5.74) is 17.8. The number of fused-ring (bicyclic) bond motifs is 2. The number of furan rings is 1. The number of allylic oxidation sites excluding steroid dienone is 2. The summed E-state index contributed by atoms with van der Waals surface area (Å²) in [6.07, 6.45) is 19.4. The molecule has 1 saturated heterocycles. The average Bonchev–Trinajstić information content (AvgIpc) is 4.07. The van der Waals surface area contributed by atoms with E-state index in [0.29, 0.717) is 78.8 Å². The fourth-order valence-electron chi connectivity index (χ4n) is 13.2. The Hall–Kier alpha value is -3.15. The summed E-state index contributed by atoms with van der Waals surface area (Å²) in [7, 11) is 5.63. The van der Waals surface area contributed by atoms with Crippen molar-refractivity contribution >= 4 is 27.5 Å². The Bertz CT molecular complexity index is 2200. The van der Waals surface area contributed by atoms with Gasteiger partial charge < -0.3 is 61.8 Å². The molecule has 2 saturated carbocycles. The van der Waals surface area contributed by atoms with Crippen LogP contribution < -0.4 is 26.8 Å². The van der Waals surface area contributed by atoms with Gasteiger partial charge in [0, 0.05) is 91.5 Å². The van der Waals surface area contributed by atoms with E-state index in [2.05, 4.69) is 45.8 Å². The molecule has 9 rings (SSSR count). The van der Waals surface area contributed by atoms with Crippen molar-refractivity contribution in [2.24, 2.45) is 51.5 Å². The van der Waals surface area contributed by atoms with E-state index < -0.39 is 12.2 Å². The lowest BCUT2D eigenvalue weighted by Crippen LogP contribution is -2.46. The van der Waals surface area contributed by atoms with Crippen LogP contribution in [0.2, 0.25) is 0 Å². The number of aliphatic imine (C=N–C) groups is 1. The molecular weight excluding hydrogens is 921 g/mol. The molecule has 6 aliphatic rings. The minimum atomic E-state index is -0.956. The maximum atomic E-state index is 11.7. The number of aromatic nitrogens is 1. The Morgan fingerprint density at radius 3 is 2.66 bits per heavy atom. The van der Waals surface area contributed by atoms with Crippen molar-refractivity contribution in [2.45, 2.75) is 165 Å². The molecule has 1 spiro atoms. The summed E-state index contributed by atoms with van der Waals surface area (Å²) in [5.74, 6) is 7.92. The second-order valence-electron chi connectivity index (χ2n) is 21.8. The number of rotatable bonds is 21. The minimum absolute atomic E-state index is 0.0112. The van der Waals surface area contributed by atoms with Crippen LogP contribution in [0.25, 0.3) is 0 Å². The quantitative estimate of drug-likeness (QED) is 0.0160. The van der Waals surface area contributed by atoms with Crippen molar-refractivity contribution in [3.8, 4) is 11.5 Å². The van der Waals surface area contributed by atoms with Gasteiger partial charge in [-0.25, -0.2) is 0 Å². The third-order valence-electron chi connectivity index (χ3n) is 17.1. The number of unbranched alkanes of at least 4 members (excludes halogenated alkanes) is 1. The molecule has 388 valence electrons. The zero-order valence-electron chi connectivity index (χ0n) is 42.0. The van der Waals surface area contributed by atoms with Crippen LogP contribution in [-0.4, -0.2) is 99.0 Å². The van der Waals surface area contributed by atoms with Crippen LogP contribution in [0.4, 0.5) is 0 Å². The van der Waals surface area contributed by atoms with Crippen LogP contribution in [0.5, 0.6) is 11.5 Å². The molecule has 13 atom stereocenters. The van der Waals surface area contributed by atoms with Crippen LogP contribution in [0.15, 0.2) is 51.9 Å². The van der Waals surface area contributed by atoms with E-state index in [1.807, 2.05) is 39.8 Å². The molecule has 3 heterocycles. The minimum Gasteiger partial charge on any atom is -0.504 e. The van der Waals surface area contributed by atoms with Gasteiger partial charge in [-0.15, -0.1) is 0 Å². The Morgan fingerprint density at radius 2 is 1.86 bits per heavy atom. The summed E-state index contributed by atoms with van der Waals surface area (Å²) >= 11 is 0. The second kappa shape index (κ2) is 24.7. The molecule has 70 heavy (non-hydrogen) atoms. The van der Waals surface area contributed by atoms with Gasteiger partial charge in [-0.05, 0) is 148 Å². The highest BCUT2D eigenvalue weighted by atomic mass is 33.1. The van der Waals surface area contributed by atoms with E-state index in [4.69, 9.17) is 20.6 Å². The number of aryl methyl sites for hydroxylation is 3. The number of aromatic amines is 1. The molecule has 13 nitrogen and oxygen atoms in total. The van der Waals surface area contributed by atoms with Crippen LogP contribution >= 0.6 is 21.6 Å². The van der Waals surface area contributed by atoms with Gasteiger partial charge in [0.25, 0.3) is 0 Å². The molecule has 5 aliphatic carbocycles. The predicted octanol–water partition coefficient (Wildman–Crippen LogP) is 8.14. The Labute approximate surface area is 424 Å². The first kappa shape index (κ1) is 53.2. The topological polar surface area (TPSA) is 228 Å². The standard InChI is InChI=1S/C55H84N6O7S2/c1-33-12-15-37-23-40(31-69-70-32-47(33)61-54(57)58-3)44(56)26-36(37)8-4-5-11-50-39(29-63)25-42(68-50)16-13-35-14-17-48(65)51(22-35)67-30-49(66)46-27-43-52(45(10-7-21-62)59-28-34(2)64)55-19-6-9-41(55)24-38(18-20-55)53(43)60-46/h14,17-18,20,22,25,27,33-34,36-38,40-41,44-45,47,49,52,59-60,62-66H,4-13,15-16,19,21,23-24,26,28-32,56H2,1-3H3,(H3,57,58,61)/t33-,34+,36-,37-,38-,40-,41+,44+,45+,47-,49+,52+,55+/m1/s1. The molecular formula is C55H84N6O7S2. The largest absolute Gasteiger partial charge is 0.504 e. The van der Waals surface area contributed by atoms with E-state index in [0.717, 1.165) is 97.6 Å². The molecule has 2 aromatic heterocycles. The monoisotopic (exact) mass is 1000 g/mol. The van der Waals surface area contributed by atoms with E-state index in [1.54, 1.807) is 20.0 Å². The van der Waals surface area contributed by atoms with Crippen molar-refractivity contribution in [1.82, 2.24) is 15.6 Å². The Morgan fingerprint density at radius 1 is 1.01 bits per heavy atom. The molecule has 1 aromatic carbocycles. The zero-order chi connectivity index (χ0) is 49.4. The normalized spacial score (nSPS) is 30.2. The fourth-order valence-corrected chi connectivity index (χ4v) is 16.1. The molecule has 3 fully saturated rings. The number of hydrogen-bond acceptors (Lipinski definition) is 12. The van der Waals surface area contributed by atoms with Gasteiger partial charge in [-0.1, -0.05) is 66.0 Å². The maximum absolute atomic E-state index is 11.7. The highest BCUT2D eigenvalue weighted by Gasteiger charge is 2.55. The molecule has 0 radical (unpaired) electrons. The third kappa shape index (κ3) is 12.6. The van der Waals surface area contributed by atoms with Crippen molar-refractivity contribution in [2.75, 3.05) is 38.3 Å². The summed E-state index contributed by atoms with van der Waals surface area (Å²) < 4.78 is 12.6. The molecule has 15 heteroatoms. The summed E-state index contributed by atoms with van der Waals surface area (Å²) in [6.45, 7) is 4.63. The molecule has 0 amide bonds. The first-order valence-corrected chi connectivity index (χ1v) is 29.2. The SMILES string of the molecule is CN=C(N)N[C@@H]1CSSC[C@H]2C[C@@H](CC[C@H]1C)[C@H](CCCCc1oc(CCc3ccc(O)c(OC[C@H](O)c4cc5c([nH]4)[C@@H]4C=C[C@]6(CCC[C@H]6C4)[C@@H]5[C@H](CCCO)NC[C@H](C)O)c3)cc1CO)C[C@@H]2N. The highest BCUT2D eigenvalue weighted by molar-refractivity contribution is 8.76. The number of phenols is 1. The molecule has 3 aromatic rings. The number of ether oxygens (including phenoxy) is 1. The number of nitrogens with two attached hydrogens (primary N) is 2. The number of phenolic OH excluding ortho intramolecular Hbond substituents is 1. The lowest BCUT2D eigenvalue weighted by Gasteiger charge is -2.45. The first-order chi connectivity index (χ1) is 33.9. The van der Waals surface area contributed by atoms with E-state index in [1.165, 1.54) is 31.2 Å². The second-order valence-corrected chi connectivity index (χ2v) is 24.3. The highest BCUT2D eigenvalue weighted by Crippen LogP contribution is 2.64. The van der Waals surface area contributed by atoms with Crippen LogP contribution in [0, 0.1) is 35.0 Å². The van der Waals surface area contributed by atoms with Gasteiger partial charge >= 0.3 is 0 Å². The number of nitrogens with zero attached hydrogens (tertiary/aromatic N) is 1. The lowest BCUT2D eigenvalue weighted by molar-refractivity contribution is 0.103. The number of nitrogens with one attached hydrogen (secondary N) is 3. The number of aliphatic hydroxyl groups is 4. The number of H-pyrrole nitrogens is 1. The number of guanidine groups is 1.